The van der Waals surface area contributed by atoms with Crippen LogP contribution in [0.4, 0.5) is 0 Å². The maximum Gasteiger partial charge on any atom is 2.00 e. The summed E-state index contributed by atoms with van der Waals surface area (Å²) in [5, 5.41) is 0.753. The second-order valence-electron chi connectivity index (χ2n) is 2.16. The third-order valence-corrected chi connectivity index (χ3v) is 2.82. The van der Waals surface area contributed by atoms with Crippen LogP contribution in [-0.4, -0.2) is 4.98 Å². The Labute approximate surface area is 96.5 Å². The fourth-order valence-corrected chi connectivity index (χ4v) is 2.31. The maximum absolute atomic E-state index is 5.79. The molecule has 0 atom stereocenters. The molecule has 0 spiro atoms. The molecule has 2 rings (SSSR count). The van der Waals surface area contributed by atoms with Crippen molar-refractivity contribution in [3.05, 3.63) is 27.2 Å². The third-order valence-electron chi connectivity index (χ3n) is 1.38. The first-order valence-electron chi connectivity index (χ1n) is 3.04. The molecule has 1 aromatic carbocycles. The van der Waals surface area contributed by atoms with E-state index in [9.17, 15) is 0 Å². The summed E-state index contributed by atoms with van der Waals surface area (Å²) in [7, 11) is 0. The molecule has 0 bridgehead atoms. The van der Waals surface area contributed by atoms with Crippen molar-refractivity contribution >= 4 is 45.4 Å². The van der Waals surface area contributed by atoms with Gasteiger partial charge in [-0.3, -0.25) is 0 Å². The molecule has 0 unspecified atom stereocenters. The van der Waals surface area contributed by atoms with Gasteiger partial charge in [-0.2, -0.15) is 0 Å². The molecule has 0 saturated heterocycles. The fourth-order valence-electron chi connectivity index (χ4n) is 0.919. The van der Waals surface area contributed by atoms with Crippen LogP contribution in [0.2, 0.25) is 5.02 Å². The Morgan fingerprint density at radius 2 is 2.17 bits per heavy atom. The number of thiazole rings is 1. The van der Waals surface area contributed by atoms with Gasteiger partial charge in [-0.1, -0.05) is 11.6 Å². The number of rotatable bonds is 0. The number of halogens is 1. The normalized spacial score (nSPS) is 9.75. The topological polar surface area (TPSA) is 15.8 Å². The Kier molecular flexibility index (Phi) is 3.41. The summed E-state index contributed by atoms with van der Waals surface area (Å²) in [4.78, 5) is 3.06. The summed E-state index contributed by atoms with van der Waals surface area (Å²) >= 11 is 12.3. The molecule has 56 valence electrons. The fraction of sp³-hybridized carbons (Fsp3) is 0. The summed E-state index contributed by atoms with van der Waals surface area (Å²) in [5.41, 5.74) is 1.06. The molecule has 12 heavy (non-hydrogen) atoms. The Morgan fingerprint density at radius 3 is 2.92 bits per heavy atom. The van der Waals surface area contributed by atoms with Crippen molar-refractivity contribution in [3.63, 3.8) is 0 Å². The predicted molar refractivity (Wildman–Crippen MR) is 52.0 cm³/mol. The van der Waals surface area contributed by atoms with Crippen LogP contribution in [0.5, 0.6) is 0 Å². The van der Waals surface area contributed by atoms with Crippen molar-refractivity contribution in [1.82, 2.24) is 4.98 Å². The minimum absolute atomic E-state index is 0. The summed E-state index contributed by atoms with van der Waals surface area (Å²) in [6.45, 7) is 0. The first kappa shape index (κ1) is 10.3. The van der Waals surface area contributed by atoms with Gasteiger partial charge in [0.25, 0.3) is 0 Å². The zero-order valence-electron chi connectivity index (χ0n) is 6.13. The molecule has 5 heteroatoms. The molecular formula is C7H4ClNS2Zn+2. The van der Waals surface area contributed by atoms with Crippen molar-refractivity contribution in [2.24, 2.45) is 0 Å². The van der Waals surface area contributed by atoms with Crippen LogP contribution in [0.15, 0.2) is 18.2 Å². The standard InChI is InChI=1S/C7H4ClNS2.Zn/c8-4-1-2-5-6(3-4)11-7(10)9-5;/h1-3H,(H,9,10);/q;+2. The SMILES string of the molecule is S=c1[nH]c2ccc(Cl)cc2s1.[Zn+2]. The quantitative estimate of drug-likeness (QED) is 0.569. The van der Waals surface area contributed by atoms with E-state index in [0.717, 1.165) is 19.2 Å². The number of fused-ring (bicyclic) bond motifs is 1. The number of aromatic amines is 1. The molecule has 0 aliphatic rings. The molecule has 0 radical (unpaired) electrons. The van der Waals surface area contributed by atoms with E-state index in [2.05, 4.69) is 4.98 Å². The third kappa shape index (κ3) is 1.94. The number of H-pyrrole nitrogens is 1. The van der Waals surface area contributed by atoms with Crippen LogP contribution in [0.1, 0.15) is 0 Å². The van der Waals surface area contributed by atoms with Gasteiger partial charge in [0.05, 0.1) is 10.2 Å². The summed E-state index contributed by atoms with van der Waals surface area (Å²) in [5.74, 6) is 0. The van der Waals surface area contributed by atoms with E-state index in [-0.39, 0.29) is 19.5 Å². The summed E-state index contributed by atoms with van der Waals surface area (Å²) in [6.07, 6.45) is 0. The number of hydrogen-bond acceptors (Lipinski definition) is 2. The zero-order valence-corrected chi connectivity index (χ0v) is 11.5. The molecular weight excluding hydrogens is 263 g/mol. The molecule has 0 saturated carbocycles. The number of aromatic nitrogens is 1. The van der Waals surface area contributed by atoms with Crippen LogP contribution in [-0.2, 0) is 19.5 Å². The van der Waals surface area contributed by atoms with Crippen molar-refractivity contribution in [2.75, 3.05) is 0 Å². The Morgan fingerprint density at radius 1 is 1.42 bits per heavy atom. The van der Waals surface area contributed by atoms with Crippen LogP contribution in [0.3, 0.4) is 0 Å². The number of hydrogen-bond donors (Lipinski definition) is 1. The summed E-state index contributed by atoms with van der Waals surface area (Å²) < 4.78 is 1.91. The Bertz CT molecular complexity index is 448. The Balaban J connectivity index is 0.000000720. The maximum atomic E-state index is 5.79. The number of benzene rings is 1. The molecule has 1 nitrogen and oxygen atoms in total. The van der Waals surface area contributed by atoms with Crippen LogP contribution < -0.4 is 0 Å². The van der Waals surface area contributed by atoms with Crippen LogP contribution in [0.25, 0.3) is 10.2 Å². The van der Waals surface area contributed by atoms with Gasteiger partial charge < -0.3 is 4.98 Å². The molecule has 1 N–H and O–H groups in total. The van der Waals surface area contributed by atoms with E-state index in [4.69, 9.17) is 23.8 Å². The first-order valence-corrected chi connectivity index (χ1v) is 4.64. The van der Waals surface area contributed by atoms with Gasteiger partial charge in [0, 0.05) is 5.02 Å². The molecule has 1 heterocycles. The van der Waals surface area contributed by atoms with Gasteiger partial charge >= 0.3 is 19.5 Å². The predicted octanol–water partition coefficient (Wildman–Crippen LogP) is 3.61. The largest absolute Gasteiger partial charge is 2.00 e. The van der Waals surface area contributed by atoms with Gasteiger partial charge in [-0.05, 0) is 30.4 Å². The molecule has 0 amide bonds. The minimum Gasteiger partial charge on any atom is -0.337 e. The Hall–Kier alpha value is 0.243. The monoisotopic (exact) mass is 265 g/mol. The van der Waals surface area contributed by atoms with Crippen molar-refractivity contribution in [1.29, 1.82) is 0 Å². The van der Waals surface area contributed by atoms with E-state index in [1.54, 1.807) is 11.3 Å². The van der Waals surface area contributed by atoms with Gasteiger partial charge in [-0.25, -0.2) is 0 Å². The van der Waals surface area contributed by atoms with Crippen molar-refractivity contribution < 1.29 is 19.5 Å². The van der Waals surface area contributed by atoms with Gasteiger partial charge in [-0.15, -0.1) is 11.3 Å². The molecule has 0 aliphatic carbocycles. The van der Waals surface area contributed by atoms with E-state index in [0.29, 0.717) is 0 Å². The van der Waals surface area contributed by atoms with E-state index in [1.807, 2.05) is 18.2 Å². The van der Waals surface area contributed by atoms with Gasteiger partial charge in [0.15, 0.2) is 3.95 Å². The molecule has 1 aromatic heterocycles. The molecule has 0 aliphatic heterocycles. The average molecular weight is 267 g/mol. The van der Waals surface area contributed by atoms with Crippen LogP contribution >= 0.6 is 35.2 Å². The van der Waals surface area contributed by atoms with Crippen molar-refractivity contribution in [2.45, 2.75) is 0 Å². The van der Waals surface area contributed by atoms with Gasteiger partial charge in [0.1, 0.15) is 0 Å². The second kappa shape index (κ2) is 3.97. The van der Waals surface area contributed by atoms with Crippen molar-refractivity contribution in [3.8, 4) is 0 Å². The summed E-state index contributed by atoms with van der Waals surface area (Å²) in [6, 6.07) is 5.69. The van der Waals surface area contributed by atoms with Crippen LogP contribution in [0, 0.1) is 3.95 Å². The molecule has 2 aromatic rings. The number of nitrogens with one attached hydrogen (secondary N) is 1. The van der Waals surface area contributed by atoms with E-state index >= 15 is 0 Å². The average Bonchev–Trinajstić information content (AvgIpc) is 2.27. The zero-order chi connectivity index (χ0) is 7.84. The second-order valence-corrected chi connectivity index (χ2v) is 4.31. The first-order chi connectivity index (χ1) is 5.25. The molecule has 0 fully saturated rings. The minimum atomic E-state index is 0. The van der Waals surface area contributed by atoms with Gasteiger partial charge in [0.2, 0.25) is 0 Å². The van der Waals surface area contributed by atoms with E-state index in [1.165, 1.54) is 0 Å². The van der Waals surface area contributed by atoms with E-state index < -0.39 is 0 Å². The smallest absolute Gasteiger partial charge is 0.337 e.